The van der Waals surface area contributed by atoms with Gasteiger partial charge in [-0.1, -0.05) is 13.8 Å². The third-order valence-electron chi connectivity index (χ3n) is 3.35. The first-order chi connectivity index (χ1) is 10.8. The van der Waals surface area contributed by atoms with Crippen LogP contribution in [0.25, 0.3) is 11.5 Å². The van der Waals surface area contributed by atoms with Crippen LogP contribution in [0.4, 0.5) is 5.69 Å². The van der Waals surface area contributed by atoms with Crippen LogP contribution < -0.4 is 4.72 Å². The van der Waals surface area contributed by atoms with E-state index in [1.54, 1.807) is 37.4 Å². The number of hydrogen-bond donors (Lipinski definition) is 1. The predicted molar refractivity (Wildman–Crippen MR) is 89.9 cm³/mol. The zero-order valence-corrected chi connectivity index (χ0v) is 14.6. The van der Waals surface area contributed by atoms with Gasteiger partial charge in [0.25, 0.3) is 0 Å². The molecule has 0 bridgehead atoms. The monoisotopic (exact) mass is 338 g/mol. The lowest BCUT2D eigenvalue weighted by atomic mass is 10.2. The van der Waals surface area contributed by atoms with E-state index in [9.17, 15) is 8.42 Å². The molecular weight excluding hydrogens is 316 g/mol. The lowest BCUT2D eigenvalue weighted by Crippen LogP contribution is -2.25. The predicted octanol–water partition coefficient (Wildman–Crippen LogP) is 3.24. The second-order valence-corrected chi connectivity index (χ2v) is 7.50. The third-order valence-corrected chi connectivity index (χ3v) is 4.81. The highest BCUT2D eigenvalue weighted by molar-refractivity contribution is 7.92. The lowest BCUT2D eigenvalue weighted by molar-refractivity contribution is 0.136. The van der Waals surface area contributed by atoms with Crippen molar-refractivity contribution in [2.24, 2.45) is 0 Å². The van der Waals surface area contributed by atoms with Crippen molar-refractivity contribution in [2.45, 2.75) is 32.8 Å². The summed E-state index contributed by atoms with van der Waals surface area (Å²) in [6.45, 7) is 5.77. The fourth-order valence-electron chi connectivity index (χ4n) is 1.97. The van der Waals surface area contributed by atoms with Crippen molar-refractivity contribution in [3.05, 3.63) is 36.2 Å². The standard InChI is InChI=1S/C16H22N2O4S/c1-11(2)15-9-17-16(22-15)13-5-7-14(8-6-13)18-23(19,20)10-12(3)21-4/h5-9,11-12,18H,10H2,1-4H3. The molecule has 126 valence electrons. The molecule has 0 amide bonds. The van der Waals surface area contributed by atoms with E-state index in [1.165, 1.54) is 7.11 Å². The Balaban J connectivity index is 2.10. The van der Waals surface area contributed by atoms with Crippen molar-refractivity contribution < 1.29 is 17.6 Å². The number of aromatic nitrogens is 1. The van der Waals surface area contributed by atoms with Gasteiger partial charge in [0.05, 0.1) is 18.1 Å². The molecule has 1 unspecified atom stereocenters. The molecule has 0 fully saturated rings. The molecular formula is C16H22N2O4S. The quantitative estimate of drug-likeness (QED) is 0.838. The maximum atomic E-state index is 12.0. The van der Waals surface area contributed by atoms with Gasteiger partial charge in [-0.15, -0.1) is 0 Å². The molecule has 1 atom stereocenters. The number of ether oxygens (including phenoxy) is 1. The summed E-state index contributed by atoms with van der Waals surface area (Å²) in [5.41, 5.74) is 1.29. The second-order valence-electron chi connectivity index (χ2n) is 5.73. The number of anilines is 1. The Kier molecular flexibility index (Phi) is 5.43. The molecule has 1 N–H and O–H groups in total. The Hall–Kier alpha value is -1.86. The normalized spacial score (nSPS) is 13.3. The van der Waals surface area contributed by atoms with E-state index in [0.29, 0.717) is 11.6 Å². The highest BCUT2D eigenvalue weighted by atomic mass is 32.2. The summed E-state index contributed by atoms with van der Waals surface area (Å²) in [5.74, 6) is 1.52. The smallest absolute Gasteiger partial charge is 0.235 e. The van der Waals surface area contributed by atoms with Gasteiger partial charge in [0.1, 0.15) is 5.76 Å². The van der Waals surface area contributed by atoms with E-state index in [2.05, 4.69) is 9.71 Å². The van der Waals surface area contributed by atoms with E-state index in [4.69, 9.17) is 9.15 Å². The summed E-state index contributed by atoms with van der Waals surface area (Å²) in [6.07, 6.45) is 1.34. The van der Waals surface area contributed by atoms with E-state index in [-0.39, 0.29) is 17.8 Å². The molecule has 2 rings (SSSR count). The van der Waals surface area contributed by atoms with E-state index in [0.717, 1.165) is 11.3 Å². The molecule has 0 aliphatic heterocycles. The first-order valence-corrected chi connectivity index (χ1v) is 9.05. The van der Waals surface area contributed by atoms with Crippen LogP contribution in [0, 0.1) is 0 Å². The molecule has 1 heterocycles. The van der Waals surface area contributed by atoms with Gasteiger partial charge >= 0.3 is 0 Å². The van der Waals surface area contributed by atoms with Crippen LogP contribution in [0.3, 0.4) is 0 Å². The van der Waals surface area contributed by atoms with Gasteiger partial charge in [-0.3, -0.25) is 4.72 Å². The summed E-state index contributed by atoms with van der Waals surface area (Å²) in [5, 5.41) is 0. The molecule has 2 aromatic rings. The van der Waals surface area contributed by atoms with Gasteiger partial charge in [0, 0.05) is 24.3 Å². The molecule has 0 spiro atoms. The molecule has 0 aliphatic carbocycles. The summed E-state index contributed by atoms with van der Waals surface area (Å²) < 4.78 is 37.1. The highest BCUT2D eigenvalue weighted by Gasteiger charge is 2.16. The van der Waals surface area contributed by atoms with E-state index < -0.39 is 10.0 Å². The molecule has 0 radical (unpaired) electrons. The Morgan fingerprint density at radius 3 is 2.39 bits per heavy atom. The number of nitrogens with one attached hydrogen (secondary N) is 1. The van der Waals surface area contributed by atoms with Crippen molar-refractivity contribution >= 4 is 15.7 Å². The van der Waals surface area contributed by atoms with Crippen LogP contribution in [0.1, 0.15) is 32.4 Å². The lowest BCUT2D eigenvalue weighted by Gasteiger charge is -2.12. The summed E-state index contributed by atoms with van der Waals surface area (Å²) in [6, 6.07) is 6.91. The average molecular weight is 338 g/mol. The molecule has 6 nitrogen and oxygen atoms in total. The maximum Gasteiger partial charge on any atom is 0.235 e. The highest BCUT2D eigenvalue weighted by Crippen LogP contribution is 2.24. The summed E-state index contributed by atoms with van der Waals surface area (Å²) in [4.78, 5) is 4.24. The van der Waals surface area contributed by atoms with Crippen LogP contribution >= 0.6 is 0 Å². The van der Waals surface area contributed by atoms with E-state index >= 15 is 0 Å². The first-order valence-electron chi connectivity index (χ1n) is 7.40. The molecule has 0 saturated heterocycles. The molecule has 0 aliphatic rings. The van der Waals surface area contributed by atoms with Gasteiger partial charge < -0.3 is 9.15 Å². The van der Waals surface area contributed by atoms with Gasteiger partial charge in [0.2, 0.25) is 15.9 Å². The van der Waals surface area contributed by atoms with Crippen LogP contribution in [0.15, 0.2) is 34.9 Å². The van der Waals surface area contributed by atoms with Crippen molar-refractivity contribution in [1.82, 2.24) is 4.98 Å². The minimum absolute atomic E-state index is 0.0945. The molecule has 0 saturated carbocycles. The topological polar surface area (TPSA) is 81.4 Å². The molecule has 7 heteroatoms. The summed E-state index contributed by atoms with van der Waals surface area (Å²) >= 11 is 0. The van der Waals surface area contributed by atoms with Gasteiger partial charge in [-0.2, -0.15) is 0 Å². The van der Waals surface area contributed by atoms with Gasteiger partial charge in [-0.05, 0) is 31.2 Å². The number of oxazole rings is 1. The Morgan fingerprint density at radius 2 is 1.87 bits per heavy atom. The number of rotatable bonds is 7. The summed E-state index contributed by atoms with van der Waals surface area (Å²) in [7, 11) is -1.96. The average Bonchev–Trinajstić information content (AvgIpc) is 2.97. The minimum atomic E-state index is -3.44. The van der Waals surface area contributed by atoms with Gasteiger partial charge in [-0.25, -0.2) is 13.4 Å². The Bertz CT molecular complexity index is 736. The zero-order chi connectivity index (χ0) is 17.0. The van der Waals surface area contributed by atoms with Crippen molar-refractivity contribution in [3.8, 4) is 11.5 Å². The number of sulfonamides is 1. The number of hydrogen-bond acceptors (Lipinski definition) is 5. The van der Waals surface area contributed by atoms with Crippen LogP contribution in [-0.2, 0) is 14.8 Å². The second kappa shape index (κ2) is 7.14. The third kappa shape index (κ3) is 4.80. The fraction of sp³-hybridized carbons (Fsp3) is 0.438. The maximum absolute atomic E-state index is 12.0. The Morgan fingerprint density at radius 1 is 1.22 bits per heavy atom. The SMILES string of the molecule is COC(C)CS(=O)(=O)Nc1ccc(-c2ncc(C(C)C)o2)cc1. The van der Waals surface area contributed by atoms with Crippen LogP contribution in [0.2, 0.25) is 0 Å². The number of methoxy groups -OCH3 is 1. The van der Waals surface area contributed by atoms with Gasteiger partial charge in [0.15, 0.2) is 0 Å². The van der Waals surface area contributed by atoms with Crippen molar-refractivity contribution in [2.75, 3.05) is 17.6 Å². The van der Waals surface area contributed by atoms with Crippen molar-refractivity contribution in [1.29, 1.82) is 0 Å². The fourth-order valence-corrected chi connectivity index (χ4v) is 3.30. The largest absolute Gasteiger partial charge is 0.441 e. The molecule has 23 heavy (non-hydrogen) atoms. The molecule has 1 aromatic heterocycles. The van der Waals surface area contributed by atoms with Crippen LogP contribution in [-0.4, -0.2) is 32.4 Å². The van der Waals surface area contributed by atoms with E-state index in [1.807, 2.05) is 13.8 Å². The van der Waals surface area contributed by atoms with Crippen LogP contribution in [0.5, 0.6) is 0 Å². The zero-order valence-electron chi connectivity index (χ0n) is 13.7. The first kappa shape index (κ1) is 17.5. The number of nitrogens with zero attached hydrogens (tertiary/aromatic N) is 1. The number of benzene rings is 1. The Labute approximate surface area is 136 Å². The molecule has 1 aromatic carbocycles. The van der Waals surface area contributed by atoms with Crippen molar-refractivity contribution in [3.63, 3.8) is 0 Å². The minimum Gasteiger partial charge on any atom is -0.441 e.